The summed E-state index contributed by atoms with van der Waals surface area (Å²) in [5.41, 5.74) is 0.770. The van der Waals surface area contributed by atoms with Gasteiger partial charge in [-0.2, -0.15) is 18.4 Å². The first-order valence-corrected chi connectivity index (χ1v) is 8.86. The van der Waals surface area contributed by atoms with E-state index in [1.807, 2.05) is 13.1 Å². The van der Waals surface area contributed by atoms with Gasteiger partial charge in [0, 0.05) is 18.8 Å². The van der Waals surface area contributed by atoms with Crippen LogP contribution in [0.4, 0.5) is 19.0 Å². The number of benzene rings is 1. The van der Waals surface area contributed by atoms with Gasteiger partial charge in [0.05, 0.1) is 11.1 Å². The minimum atomic E-state index is -4.32. The summed E-state index contributed by atoms with van der Waals surface area (Å²) in [4.78, 5) is 6.42. The van der Waals surface area contributed by atoms with Crippen LogP contribution in [0.15, 0.2) is 42.6 Å². The molecule has 1 N–H and O–H groups in total. The largest absolute Gasteiger partial charge is 0.416 e. The maximum Gasteiger partial charge on any atom is 0.416 e. The Hall–Kier alpha value is -2.59. The molecule has 2 aromatic rings. The van der Waals surface area contributed by atoms with Crippen molar-refractivity contribution in [1.29, 1.82) is 5.26 Å². The van der Waals surface area contributed by atoms with E-state index in [4.69, 9.17) is 5.26 Å². The maximum absolute atomic E-state index is 12.8. The molecule has 142 valence electrons. The zero-order valence-corrected chi connectivity index (χ0v) is 15.0. The fourth-order valence-corrected chi connectivity index (χ4v) is 3.67. The third-order valence-corrected chi connectivity index (χ3v) is 5.02. The normalized spacial score (nSPS) is 20.9. The molecule has 0 aliphatic carbocycles. The number of halogens is 3. The van der Waals surface area contributed by atoms with Crippen molar-refractivity contribution >= 4 is 5.82 Å². The van der Waals surface area contributed by atoms with Gasteiger partial charge in [-0.1, -0.05) is 12.1 Å². The summed E-state index contributed by atoms with van der Waals surface area (Å²) in [7, 11) is 2.01. The number of piperidine rings is 1. The van der Waals surface area contributed by atoms with Gasteiger partial charge in [-0.3, -0.25) is 4.90 Å². The van der Waals surface area contributed by atoms with Gasteiger partial charge in [-0.25, -0.2) is 4.98 Å². The Bertz CT molecular complexity index is 794. The third-order valence-electron chi connectivity index (χ3n) is 5.02. The van der Waals surface area contributed by atoms with E-state index in [0.29, 0.717) is 17.9 Å². The lowest BCUT2D eigenvalue weighted by molar-refractivity contribution is -0.137. The zero-order chi connectivity index (χ0) is 19.4. The van der Waals surface area contributed by atoms with Crippen LogP contribution in [0.3, 0.4) is 0 Å². The second kappa shape index (κ2) is 7.97. The van der Waals surface area contributed by atoms with Crippen molar-refractivity contribution in [2.75, 3.05) is 25.5 Å². The Morgan fingerprint density at radius 3 is 2.56 bits per heavy atom. The monoisotopic (exact) mass is 374 g/mol. The number of alkyl halides is 3. The van der Waals surface area contributed by atoms with Crippen LogP contribution >= 0.6 is 0 Å². The molecule has 1 aliphatic heterocycles. The molecule has 3 rings (SSSR count). The van der Waals surface area contributed by atoms with Gasteiger partial charge >= 0.3 is 6.18 Å². The highest BCUT2D eigenvalue weighted by Gasteiger charge is 2.33. The smallest absolute Gasteiger partial charge is 0.370 e. The van der Waals surface area contributed by atoms with Gasteiger partial charge in [0.1, 0.15) is 11.9 Å². The van der Waals surface area contributed by atoms with Crippen LogP contribution in [0.2, 0.25) is 0 Å². The fourth-order valence-electron chi connectivity index (χ4n) is 3.67. The number of hydrogen-bond donors (Lipinski definition) is 1. The van der Waals surface area contributed by atoms with E-state index in [1.165, 1.54) is 6.20 Å². The summed E-state index contributed by atoms with van der Waals surface area (Å²) in [6, 6.07) is 11.0. The zero-order valence-electron chi connectivity index (χ0n) is 15.0. The van der Waals surface area contributed by atoms with Crippen LogP contribution in [-0.4, -0.2) is 30.0 Å². The molecule has 2 heterocycles. The highest BCUT2D eigenvalue weighted by Crippen LogP contribution is 2.37. The lowest BCUT2D eigenvalue weighted by Gasteiger charge is -2.40. The highest BCUT2D eigenvalue weighted by atomic mass is 19.4. The number of nitrogens with one attached hydrogen (secondary N) is 1. The van der Waals surface area contributed by atoms with Crippen molar-refractivity contribution in [3.8, 4) is 6.07 Å². The Balaban J connectivity index is 1.73. The summed E-state index contributed by atoms with van der Waals surface area (Å²) in [5.74, 6) is 0.936. The summed E-state index contributed by atoms with van der Waals surface area (Å²) < 4.78 is 38.5. The molecule has 1 saturated heterocycles. The fraction of sp³-hybridized carbons (Fsp3) is 0.400. The molecule has 1 aromatic carbocycles. The quantitative estimate of drug-likeness (QED) is 0.858. The Labute approximate surface area is 156 Å². The van der Waals surface area contributed by atoms with E-state index in [1.54, 1.807) is 24.3 Å². The maximum atomic E-state index is 12.8. The van der Waals surface area contributed by atoms with E-state index >= 15 is 0 Å². The van der Waals surface area contributed by atoms with Crippen LogP contribution in [-0.2, 0) is 6.18 Å². The molecular weight excluding hydrogens is 353 g/mol. The van der Waals surface area contributed by atoms with Gasteiger partial charge in [0.2, 0.25) is 0 Å². The molecule has 0 saturated carbocycles. The van der Waals surface area contributed by atoms with E-state index in [-0.39, 0.29) is 12.0 Å². The second-order valence-electron chi connectivity index (χ2n) is 6.87. The Morgan fingerprint density at radius 2 is 1.96 bits per heavy atom. The first-order valence-electron chi connectivity index (χ1n) is 8.86. The standard InChI is InChI=1S/C20H21F3N4/c1-27-10-2-3-16(13-26-18-9-4-14(11-24)12-25-18)19(27)15-5-7-17(8-6-15)20(21,22)23/h4-9,12,16,19H,2-3,10,13H2,1H3,(H,25,26). The lowest BCUT2D eigenvalue weighted by Crippen LogP contribution is -2.39. The molecule has 1 aliphatic rings. The molecule has 2 unspecified atom stereocenters. The lowest BCUT2D eigenvalue weighted by atomic mass is 9.84. The molecule has 0 radical (unpaired) electrons. The molecule has 7 heteroatoms. The molecule has 1 fully saturated rings. The second-order valence-corrected chi connectivity index (χ2v) is 6.87. The van der Waals surface area contributed by atoms with Crippen molar-refractivity contribution < 1.29 is 13.2 Å². The Kier molecular flexibility index (Phi) is 5.66. The van der Waals surface area contributed by atoms with Gasteiger partial charge in [-0.15, -0.1) is 0 Å². The molecule has 4 nitrogen and oxygen atoms in total. The van der Waals surface area contributed by atoms with Crippen LogP contribution in [0.5, 0.6) is 0 Å². The first kappa shape index (κ1) is 19.2. The molecule has 0 bridgehead atoms. The SMILES string of the molecule is CN1CCCC(CNc2ccc(C#N)cn2)C1c1ccc(C(F)(F)F)cc1. The van der Waals surface area contributed by atoms with Crippen molar-refractivity contribution in [1.82, 2.24) is 9.88 Å². The minimum Gasteiger partial charge on any atom is -0.370 e. The van der Waals surface area contributed by atoms with E-state index < -0.39 is 11.7 Å². The number of nitriles is 1. The number of nitrogens with zero attached hydrogens (tertiary/aromatic N) is 3. The van der Waals surface area contributed by atoms with Gasteiger partial charge in [0.15, 0.2) is 0 Å². The predicted molar refractivity (Wildman–Crippen MR) is 97.0 cm³/mol. The number of aromatic nitrogens is 1. The highest BCUT2D eigenvalue weighted by molar-refractivity contribution is 5.39. The molecule has 0 spiro atoms. The van der Waals surface area contributed by atoms with Crippen LogP contribution in [0, 0.1) is 17.2 Å². The number of pyridine rings is 1. The van der Waals surface area contributed by atoms with Gasteiger partial charge in [0.25, 0.3) is 0 Å². The first-order chi connectivity index (χ1) is 12.9. The predicted octanol–water partition coefficient (Wildman–Crippen LogP) is 4.47. The van der Waals surface area contributed by atoms with E-state index in [2.05, 4.69) is 15.2 Å². The summed E-state index contributed by atoms with van der Waals surface area (Å²) in [5, 5.41) is 12.1. The Morgan fingerprint density at radius 1 is 1.22 bits per heavy atom. The third kappa shape index (κ3) is 4.58. The van der Waals surface area contributed by atoms with E-state index in [0.717, 1.165) is 37.1 Å². The molecular formula is C20H21F3N4. The number of hydrogen-bond acceptors (Lipinski definition) is 4. The van der Waals surface area contributed by atoms with Gasteiger partial charge in [-0.05, 0) is 62.2 Å². The van der Waals surface area contributed by atoms with Crippen molar-refractivity contribution in [3.05, 3.63) is 59.3 Å². The minimum absolute atomic E-state index is 0.0481. The molecule has 27 heavy (non-hydrogen) atoms. The van der Waals surface area contributed by atoms with Crippen molar-refractivity contribution in [2.24, 2.45) is 5.92 Å². The summed E-state index contributed by atoms with van der Waals surface area (Å²) >= 11 is 0. The van der Waals surface area contributed by atoms with Crippen LogP contribution in [0.1, 0.15) is 35.6 Å². The number of rotatable bonds is 4. The molecule has 2 atom stereocenters. The van der Waals surface area contributed by atoms with Gasteiger partial charge < -0.3 is 5.32 Å². The summed E-state index contributed by atoms with van der Waals surface area (Å²) in [6.07, 6.45) is -0.776. The topological polar surface area (TPSA) is 52.0 Å². The number of likely N-dealkylation sites (tertiary alicyclic amines) is 1. The van der Waals surface area contributed by atoms with Crippen LogP contribution < -0.4 is 5.32 Å². The van der Waals surface area contributed by atoms with Crippen LogP contribution in [0.25, 0.3) is 0 Å². The average molecular weight is 374 g/mol. The summed E-state index contributed by atoms with van der Waals surface area (Å²) in [6.45, 7) is 1.58. The van der Waals surface area contributed by atoms with Crippen molar-refractivity contribution in [2.45, 2.75) is 25.1 Å². The van der Waals surface area contributed by atoms with E-state index in [9.17, 15) is 13.2 Å². The van der Waals surface area contributed by atoms with Crippen molar-refractivity contribution in [3.63, 3.8) is 0 Å². The molecule has 0 amide bonds. The number of anilines is 1. The average Bonchev–Trinajstić information content (AvgIpc) is 2.66. The molecule has 1 aromatic heterocycles.